The standard InChI is InChI=1S/C20H23NO2/c1-3-14-21-15(2)20(22)23-19(17-12-8-5-9-13-17)18(21)16-10-6-4-7-11-16/h4-13,15,18-19H,3,14H2,1-2H3/t15-,18-,19+/m1/s1. The van der Waals surface area contributed by atoms with E-state index in [4.69, 9.17) is 4.74 Å². The third kappa shape index (κ3) is 3.15. The number of esters is 1. The third-order valence-corrected chi connectivity index (χ3v) is 4.48. The van der Waals surface area contributed by atoms with Gasteiger partial charge < -0.3 is 4.74 Å². The van der Waals surface area contributed by atoms with E-state index in [1.165, 1.54) is 5.56 Å². The van der Waals surface area contributed by atoms with Crippen LogP contribution in [0.25, 0.3) is 0 Å². The molecule has 1 aliphatic heterocycles. The van der Waals surface area contributed by atoms with Gasteiger partial charge in [0.15, 0.2) is 0 Å². The Balaban J connectivity index is 2.06. The van der Waals surface area contributed by atoms with Crippen molar-refractivity contribution in [2.24, 2.45) is 0 Å². The molecule has 1 aliphatic rings. The van der Waals surface area contributed by atoms with Crippen LogP contribution in [0, 0.1) is 0 Å². The molecule has 1 saturated heterocycles. The Bertz CT molecular complexity index is 641. The summed E-state index contributed by atoms with van der Waals surface area (Å²) in [6, 6.07) is 20.2. The first-order valence-electron chi connectivity index (χ1n) is 8.28. The fraction of sp³-hybridized carbons (Fsp3) is 0.350. The van der Waals surface area contributed by atoms with Crippen LogP contribution in [0.5, 0.6) is 0 Å². The summed E-state index contributed by atoms with van der Waals surface area (Å²) >= 11 is 0. The molecule has 3 nitrogen and oxygen atoms in total. The Morgan fingerprint density at radius 3 is 2.09 bits per heavy atom. The van der Waals surface area contributed by atoms with Gasteiger partial charge in [0.2, 0.25) is 0 Å². The third-order valence-electron chi connectivity index (χ3n) is 4.48. The average molecular weight is 309 g/mol. The molecule has 0 N–H and O–H groups in total. The number of benzene rings is 2. The number of cyclic esters (lactones) is 1. The number of hydrogen-bond donors (Lipinski definition) is 0. The van der Waals surface area contributed by atoms with Crippen molar-refractivity contribution in [3.8, 4) is 0 Å². The summed E-state index contributed by atoms with van der Waals surface area (Å²) in [5, 5.41) is 0. The lowest BCUT2D eigenvalue weighted by Gasteiger charge is -2.44. The lowest BCUT2D eigenvalue weighted by Crippen LogP contribution is -2.50. The maximum absolute atomic E-state index is 12.4. The van der Waals surface area contributed by atoms with Crippen LogP contribution in [0.4, 0.5) is 0 Å². The minimum absolute atomic E-state index is 0.0475. The molecule has 0 amide bonds. The molecule has 2 aromatic carbocycles. The lowest BCUT2D eigenvalue weighted by molar-refractivity contribution is -0.174. The van der Waals surface area contributed by atoms with Crippen molar-refractivity contribution in [1.82, 2.24) is 4.90 Å². The highest BCUT2D eigenvalue weighted by Crippen LogP contribution is 2.41. The first-order chi connectivity index (χ1) is 11.2. The highest BCUT2D eigenvalue weighted by atomic mass is 16.6. The van der Waals surface area contributed by atoms with E-state index >= 15 is 0 Å². The van der Waals surface area contributed by atoms with Crippen molar-refractivity contribution in [3.05, 3.63) is 71.8 Å². The Morgan fingerprint density at radius 2 is 1.52 bits per heavy atom. The molecule has 0 saturated carbocycles. The summed E-state index contributed by atoms with van der Waals surface area (Å²) in [4.78, 5) is 14.7. The van der Waals surface area contributed by atoms with Crippen molar-refractivity contribution < 1.29 is 9.53 Å². The first-order valence-corrected chi connectivity index (χ1v) is 8.28. The molecule has 120 valence electrons. The molecule has 1 heterocycles. The van der Waals surface area contributed by atoms with E-state index in [0.29, 0.717) is 0 Å². The number of hydrogen-bond acceptors (Lipinski definition) is 3. The van der Waals surface area contributed by atoms with Gasteiger partial charge in [-0.2, -0.15) is 0 Å². The molecule has 3 atom stereocenters. The first kappa shape index (κ1) is 15.8. The quantitative estimate of drug-likeness (QED) is 0.795. The fourth-order valence-electron chi connectivity index (χ4n) is 3.34. The van der Waals surface area contributed by atoms with E-state index in [9.17, 15) is 4.79 Å². The van der Waals surface area contributed by atoms with Crippen molar-refractivity contribution in [2.75, 3.05) is 6.54 Å². The summed E-state index contributed by atoms with van der Waals surface area (Å²) < 4.78 is 5.85. The van der Waals surface area contributed by atoms with Gasteiger partial charge in [-0.15, -0.1) is 0 Å². The van der Waals surface area contributed by atoms with Gasteiger partial charge in [0.1, 0.15) is 12.1 Å². The molecule has 0 spiro atoms. The van der Waals surface area contributed by atoms with Crippen molar-refractivity contribution in [2.45, 2.75) is 38.5 Å². The van der Waals surface area contributed by atoms with Crippen LogP contribution in [0.3, 0.4) is 0 Å². The summed E-state index contributed by atoms with van der Waals surface area (Å²) in [5.41, 5.74) is 2.23. The highest BCUT2D eigenvalue weighted by molar-refractivity contribution is 5.76. The number of rotatable bonds is 4. The molecule has 3 rings (SSSR count). The number of ether oxygens (including phenoxy) is 1. The fourth-order valence-corrected chi connectivity index (χ4v) is 3.34. The lowest BCUT2D eigenvalue weighted by atomic mass is 9.91. The number of carbonyl (C=O) groups excluding carboxylic acids is 1. The second-order valence-corrected chi connectivity index (χ2v) is 6.04. The summed E-state index contributed by atoms with van der Waals surface area (Å²) in [7, 11) is 0. The van der Waals surface area contributed by atoms with Gasteiger partial charge in [-0.25, -0.2) is 0 Å². The molecule has 0 aromatic heterocycles. The average Bonchev–Trinajstić information content (AvgIpc) is 2.60. The normalized spacial score (nSPS) is 25.1. The van der Waals surface area contributed by atoms with Crippen molar-refractivity contribution >= 4 is 5.97 Å². The minimum atomic E-state index is -0.270. The van der Waals surface area contributed by atoms with Gasteiger partial charge in [0, 0.05) is 0 Å². The van der Waals surface area contributed by atoms with Crippen LogP contribution < -0.4 is 0 Å². The van der Waals surface area contributed by atoms with Gasteiger partial charge in [-0.05, 0) is 31.0 Å². The van der Waals surface area contributed by atoms with Crippen molar-refractivity contribution in [1.29, 1.82) is 0 Å². The Morgan fingerprint density at radius 1 is 0.957 bits per heavy atom. The second kappa shape index (κ2) is 6.97. The molecule has 0 unspecified atom stereocenters. The molecular weight excluding hydrogens is 286 g/mol. The number of nitrogens with zero attached hydrogens (tertiary/aromatic N) is 1. The minimum Gasteiger partial charge on any atom is -0.454 e. The van der Waals surface area contributed by atoms with Gasteiger partial charge in [0.25, 0.3) is 0 Å². The summed E-state index contributed by atoms with van der Waals surface area (Å²) in [6.07, 6.45) is 0.733. The van der Waals surface area contributed by atoms with Gasteiger partial charge >= 0.3 is 5.97 Å². The predicted octanol–water partition coefficient (Wildman–Crippen LogP) is 4.13. The van der Waals surface area contributed by atoms with E-state index in [-0.39, 0.29) is 24.2 Å². The van der Waals surface area contributed by atoms with E-state index < -0.39 is 0 Å². The number of carbonyl (C=O) groups is 1. The zero-order valence-corrected chi connectivity index (χ0v) is 13.7. The molecule has 2 aromatic rings. The molecule has 1 fully saturated rings. The van der Waals surface area contributed by atoms with Crippen LogP contribution in [0.2, 0.25) is 0 Å². The van der Waals surface area contributed by atoms with Crippen LogP contribution in [-0.2, 0) is 9.53 Å². The van der Waals surface area contributed by atoms with Crippen LogP contribution in [0.15, 0.2) is 60.7 Å². The summed E-state index contributed by atoms with van der Waals surface area (Å²) in [6.45, 7) is 4.96. The number of morpholine rings is 1. The molecule has 23 heavy (non-hydrogen) atoms. The Labute approximate surface area is 137 Å². The maximum Gasteiger partial charge on any atom is 0.323 e. The largest absolute Gasteiger partial charge is 0.454 e. The smallest absolute Gasteiger partial charge is 0.323 e. The van der Waals surface area contributed by atoms with E-state index in [1.54, 1.807) is 0 Å². The van der Waals surface area contributed by atoms with E-state index in [1.807, 2.05) is 55.5 Å². The molecule has 3 heteroatoms. The monoisotopic (exact) mass is 309 g/mol. The van der Waals surface area contributed by atoms with Crippen molar-refractivity contribution in [3.63, 3.8) is 0 Å². The zero-order chi connectivity index (χ0) is 16.2. The van der Waals surface area contributed by atoms with Crippen LogP contribution >= 0.6 is 0 Å². The Hall–Kier alpha value is -2.13. The van der Waals surface area contributed by atoms with Gasteiger partial charge in [-0.3, -0.25) is 9.69 Å². The van der Waals surface area contributed by atoms with E-state index in [2.05, 4.69) is 24.0 Å². The topological polar surface area (TPSA) is 29.5 Å². The maximum atomic E-state index is 12.4. The van der Waals surface area contributed by atoms with Gasteiger partial charge in [0.05, 0.1) is 6.04 Å². The molecule has 0 radical (unpaired) electrons. The zero-order valence-electron chi connectivity index (χ0n) is 13.7. The second-order valence-electron chi connectivity index (χ2n) is 6.04. The summed E-state index contributed by atoms with van der Waals surface area (Å²) in [5.74, 6) is -0.139. The van der Waals surface area contributed by atoms with E-state index in [0.717, 1.165) is 18.5 Å². The van der Waals surface area contributed by atoms with Gasteiger partial charge in [-0.1, -0.05) is 67.6 Å². The molecule has 0 bridgehead atoms. The Kier molecular flexibility index (Phi) is 4.77. The van der Waals surface area contributed by atoms with Crippen LogP contribution in [0.1, 0.15) is 43.5 Å². The van der Waals surface area contributed by atoms with Crippen LogP contribution in [-0.4, -0.2) is 23.5 Å². The molecule has 0 aliphatic carbocycles. The highest BCUT2D eigenvalue weighted by Gasteiger charge is 2.42. The SMILES string of the molecule is CCCN1[C@H](C)C(=O)O[C@@H](c2ccccc2)[C@H]1c1ccccc1. The molecular formula is C20H23NO2. The predicted molar refractivity (Wildman–Crippen MR) is 90.9 cm³/mol.